The van der Waals surface area contributed by atoms with E-state index in [4.69, 9.17) is 5.73 Å². The van der Waals surface area contributed by atoms with E-state index in [0.29, 0.717) is 12.6 Å². The van der Waals surface area contributed by atoms with Gasteiger partial charge in [0.15, 0.2) is 0 Å². The summed E-state index contributed by atoms with van der Waals surface area (Å²) in [6.45, 7) is 2.71. The van der Waals surface area contributed by atoms with E-state index in [0.717, 1.165) is 17.4 Å². The molecule has 0 spiro atoms. The summed E-state index contributed by atoms with van der Waals surface area (Å²) in [6.07, 6.45) is 5.32. The molecule has 88 valence electrons. The van der Waals surface area contributed by atoms with Gasteiger partial charge in [-0.25, -0.2) is 4.98 Å². The summed E-state index contributed by atoms with van der Waals surface area (Å²) >= 11 is 0. The molecule has 0 saturated heterocycles. The van der Waals surface area contributed by atoms with Crippen LogP contribution in [0.3, 0.4) is 0 Å². The lowest BCUT2D eigenvalue weighted by molar-refractivity contribution is 0.461. The van der Waals surface area contributed by atoms with Crippen LogP contribution in [0.25, 0.3) is 0 Å². The van der Waals surface area contributed by atoms with Gasteiger partial charge in [0.2, 0.25) is 0 Å². The van der Waals surface area contributed by atoms with Crippen LogP contribution in [0.1, 0.15) is 31.4 Å². The molecule has 0 bridgehead atoms. The van der Waals surface area contributed by atoms with Crippen LogP contribution in [-0.2, 0) is 0 Å². The second kappa shape index (κ2) is 5.30. The number of aryl methyl sites for hydroxylation is 1. The Bertz CT molecular complexity index is 332. The molecular formula is C13H21N3. The zero-order chi connectivity index (χ0) is 11.4. The molecule has 2 rings (SSSR count). The predicted octanol–water partition coefficient (Wildman–Crippen LogP) is 2.32. The van der Waals surface area contributed by atoms with Gasteiger partial charge in [0.25, 0.3) is 0 Å². The van der Waals surface area contributed by atoms with Crippen LogP contribution in [0, 0.1) is 12.8 Å². The fourth-order valence-corrected chi connectivity index (χ4v) is 2.54. The van der Waals surface area contributed by atoms with Crippen molar-refractivity contribution in [3.63, 3.8) is 0 Å². The highest BCUT2D eigenvalue weighted by molar-refractivity contribution is 5.36. The standard InChI is InChI=1S/C13H21N3/c1-10-5-4-8-13(15-10)16-12(9-14)11-6-2-3-7-11/h4-5,8,11-12H,2-3,6-7,9,14H2,1H3,(H,15,16). The Hall–Kier alpha value is -1.09. The zero-order valence-electron chi connectivity index (χ0n) is 9.95. The van der Waals surface area contributed by atoms with E-state index in [1.807, 2.05) is 25.1 Å². The molecule has 1 aliphatic rings. The minimum atomic E-state index is 0.386. The molecular weight excluding hydrogens is 198 g/mol. The molecule has 1 aliphatic carbocycles. The molecule has 1 atom stereocenters. The molecule has 0 radical (unpaired) electrons. The number of pyridine rings is 1. The lowest BCUT2D eigenvalue weighted by Gasteiger charge is -2.23. The van der Waals surface area contributed by atoms with Crippen molar-refractivity contribution in [3.8, 4) is 0 Å². The van der Waals surface area contributed by atoms with Crippen molar-refractivity contribution < 1.29 is 0 Å². The first-order valence-electron chi connectivity index (χ1n) is 6.20. The van der Waals surface area contributed by atoms with Crippen molar-refractivity contribution in [1.82, 2.24) is 4.98 Å². The van der Waals surface area contributed by atoms with Crippen molar-refractivity contribution in [2.75, 3.05) is 11.9 Å². The summed E-state index contributed by atoms with van der Waals surface area (Å²) in [5.74, 6) is 1.69. The molecule has 1 heterocycles. The van der Waals surface area contributed by atoms with Crippen molar-refractivity contribution >= 4 is 5.82 Å². The van der Waals surface area contributed by atoms with Gasteiger partial charge < -0.3 is 11.1 Å². The Kier molecular flexibility index (Phi) is 3.78. The third-order valence-corrected chi connectivity index (χ3v) is 3.44. The first-order valence-corrected chi connectivity index (χ1v) is 6.20. The van der Waals surface area contributed by atoms with Gasteiger partial charge in [0.05, 0.1) is 0 Å². The van der Waals surface area contributed by atoms with Gasteiger partial charge in [-0.15, -0.1) is 0 Å². The predicted molar refractivity (Wildman–Crippen MR) is 67.4 cm³/mol. The lowest BCUT2D eigenvalue weighted by atomic mass is 9.98. The minimum absolute atomic E-state index is 0.386. The molecule has 1 saturated carbocycles. The molecule has 1 aromatic heterocycles. The van der Waals surface area contributed by atoms with Gasteiger partial charge >= 0.3 is 0 Å². The van der Waals surface area contributed by atoms with E-state index in [9.17, 15) is 0 Å². The smallest absolute Gasteiger partial charge is 0.126 e. The van der Waals surface area contributed by atoms with Gasteiger partial charge in [-0.2, -0.15) is 0 Å². The summed E-state index contributed by atoms with van der Waals surface area (Å²) < 4.78 is 0. The Morgan fingerprint density at radius 1 is 1.44 bits per heavy atom. The van der Waals surface area contributed by atoms with Crippen LogP contribution >= 0.6 is 0 Å². The second-order valence-corrected chi connectivity index (χ2v) is 4.70. The molecule has 16 heavy (non-hydrogen) atoms. The number of hydrogen-bond donors (Lipinski definition) is 2. The van der Waals surface area contributed by atoms with Crippen LogP contribution in [0.15, 0.2) is 18.2 Å². The molecule has 1 fully saturated rings. The fraction of sp³-hybridized carbons (Fsp3) is 0.615. The number of nitrogens with one attached hydrogen (secondary N) is 1. The molecule has 3 heteroatoms. The van der Waals surface area contributed by atoms with Crippen LogP contribution in [-0.4, -0.2) is 17.6 Å². The van der Waals surface area contributed by atoms with Gasteiger partial charge in [-0.1, -0.05) is 18.9 Å². The van der Waals surface area contributed by atoms with E-state index < -0.39 is 0 Å². The molecule has 1 aromatic rings. The van der Waals surface area contributed by atoms with Crippen molar-refractivity contribution in [2.45, 2.75) is 38.6 Å². The SMILES string of the molecule is Cc1cccc(NC(CN)C2CCCC2)n1. The molecule has 3 N–H and O–H groups in total. The normalized spacial score (nSPS) is 18.6. The first-order chi connectivity index (χ1) is 7.79. The lowest BCUT2D eigenvalue weighted by Crippen LogP contribution is -2.35. The topological polar surface area (TPSA) is 50.9 Å². The summed E-state index contributed by atoms with van der Waals surface area (Å²) in [6, 6.07) is 6.45. The van der Waals surface area contributed by atoms with Crippen LogP contribution in [0.4, 0.5) is 5.82 Å². The van der Waals surface area contributed by atoms with Crippen LogP contribution < -0.4 is 11.1 Å². The summed E-state index contributed by atoms with van der Waals surface area (Å²) in [7, 11) is 0. The van der Waals surface area contributed by atoms with Crippen molar-refractivity contribution in [2.24, 2.45) is 11.7 Å². The zero-order valence-corrected chi connectivity index (χ0v) is 9.95. The van der Waals surface area contributed by atoms with Crippen LogP contribution in [0.2, 0.25) is 0 Å². The molecule has 0 aromatic carbocycles. The number of nitrogens with zero attached hydrogens (tertiary/aromatic N) is 1. The monoisotopic (exact) mass is 219 g/mol. The number of rotatable bonds is 4. The summed E-state index contributed by atoms with van der Waals surface area (Å²) in [5, 5.41) is 3.48. The maximum absolute atomic E-state index is 5.85. The average Bonchev–Trinajstić information content (AvgIpc) is 2.79. The first kappa shape index (κ1) is 11.4. The molecule has 0 aliphatic heterocycles. The second-order valence-electron chi connectivity index (χ2n) is 4.70. The van der Waals surface area contributed by atoms with E-state index in [-0.39, 0.29) is 0 Å². The maximum atomic E-state index is 5.85. The highest BCUT2D eigenvalue weighted by atomic mass is 15.0. The molecule has 1 unspecified atom stereocenters. The Morgan fingerprint density at radius 2 is 2.19 bits per heavy atom. The maximum Gasteiger partial charge on any atom is 0.126 e. The number of hydrogen-bond acceptors (Lipinski definition) is 3. The third-order valence-electron chi connectivity index (χ3n) is 3.44. The number of anilines is 1. The average molecular weight is 219 g/mol. The van der Waals surface area contributed by atoms with Crippen molar-refractivity contribution in [3.05, 3.63) is 23.9 Å². The molecule has 3 nitrogen and oxygen atoms in total. The largest absolute Gasteiger partial charge is 0.366 e. The number of aromatic nitrogens is 1. The quantitative estimate of drug-likeness (QED) is 0.817. The molecule has 0 amide bonds. The third kappa shape index (κ3) is 2.73. The highest BCUT2D eigenvalue weighted by Crippen LogP contribution is 2.28. The van der Waals surface area contributed by atoms with E-state index >= 15 is 0 Å². The van der Waals surface area contributed by atoms with E-state index in [2.05, 4.69) is 10.3 Å². The van der Waals surface area contributed by atoms with Gasteiger partial charge in [0, 0.05) is 18.3 Å². The van der Waals surface area contributed by atoms with E-state index in [1.165, 1.54) is 25.7 Å². The minimum Gasteiger partial charge on any atom is -0.366 e. The highest BCUT2D eigenvalue weighted by Gasteiger charge is 2.23. The Balaban J connectivity index is 2.00. The fourth-order valence-electron chi connectivity index (χ4n) is 2.54. The van der Waals surface area contributed by atoms with Gasteiger partial charge in [-0.3, -0.25) is 0 Å². The summed E-state index contributed by atoms with van der Waals surface area (Å²) in [5.41, 5.74) is 6.90. The Morgan fingerprint density at radius 3 is 2.81 bits per heavy atom. The summed E-state index contributed by atoms with van der Waals surface area (Å²) in [4.78, 5) is 4.47. The van der Waals surface area contributed by atoms with Crippen LogP contribution in [0.5, 0.6) is 0 Å². The van der Waals surface area contributed by atoms with Gasteiger partial charge in [0.1, 0.15) is 5.82 Å². The van der Waals surface area contributed by atoms with Gasteiger partial charge in [-0.05, 0) is 37.8 Å². The van der Waals surface area contributed by atoms with Crippen molar-refractivity contribution in [1.29, 1.82) is 0 Å². The number of nitrogens with two attached hydrogens (primary N) is 1. The Labute approximate surface area is 97.5 Å². The van der Waals surface area contributed by atoms with E-state index in [1.54, 1.807) is 0 Å².